The maximum absolute atomic E-state index is 2.29. The lowest BCUT2D eigenvalue weighted by molar-refractivity contribution is 0.756. The molecule has 1 aliphatic carbocycles. The first-order valence-corrected chi connectivity index (χ1v) is 4.71. The SMILES string of the molecule is CCC1=CC=CC(C)=C(C)C1C. The first kappa shape index (κ1) is 9.31. The van der Waals surface area contributed by atoms with Crippen molar-refractivity contribution in [3.63, 3.8) is 0 Å². The van der Waals surface area contributed by atoms with Crippen LogP contribution in [0.1, 0.15) is 34.1 Å². The molecule has 0 heterocycles. The fourth-order valence-electron chi connectivity index (χ4n) is 1.64. The predicted octanol–water partition coefficient (Wildman–Crippen LogP) is 3.87. The van der Waals surface area contributed by atoms with Gasteiger partial charge < -0.3 is 0 Å². The normalized spacial score (nSPS) is 24.0. The fourth-order valence-corrected chi connectivity index (χ4v) is 1.64. The zero-order valence-corrected chi connectivity index (χ0v) is 8.52. The van der Waals surface area contributed by atoms with Crippen LogP contribution in [-0.2, 0) is 0 Å². The van der Waals surface area contributed by atoms with Crippen LogP contribution in [-0.4, -0.2) is 0 Å². The van der Waals surface area contributed by atoms with Gasteiger partial charge in [-0.1, -0.05) is 48.8 Å². The Bertz CT molecular complexity index is 251. The minimum Gasteiger partial charge on any atom is -0.0636 e. The Balaban J connectivity index is 3.01. The van der Waals surface area contributed by atoms with Crippen LogP contribution in [0.5, 0.6) is 0 Å². The van der Waals surface area contributed by atoms with Crippen LogP contribution in [0.3, 0.4) is 0 Å². The van der Waals surface area contributed by atoms with E-state index in [1.807, 2.05) is 0 Å². The lowest BCUT2D eigenvalue weighted by Gasteiger charge is -2.15. The second kappa shape index (κ2) is 3.75. The molecular formula is C12H18. The van der Waals surface area contributed by atoms with Crippen molar-refractivity contribution in [2.24, 2.45) is 5.92 Å². The summed E-state index contributed by atoms with van der Waals surface area (Å²) in [6, 6.07) is 0. The summed E-state index contributed by atoms with van der Waals surface area (Å²) in [6.45, 7) is 8.94. The van der Waals surface area contributed by atoms with Gasteiger partial charge in [0.2, 0.25) is 0 Å². The second-order valence-corrected chi connectivity index (χ2v) is 3.54. The molecule has 0 nitrogen and oxygen atoms in total. The molecule has 0 heteroatoms. The van der Waals surface area contributed by atoms with E-state index in [1.54, 1.807) is 5.57 Å². The summed E-state index contributed by atoms with van der Waals surface area (Å²) in [6.07, 6.45) is 7.79. The molecule has 1 aliphatic rings. The standard InChI is InChI=1S/C12H18/c1-5-12-8-6-7-9(2)10(3)11(12)4/h6-8,11H,5H2,1-4H3. The molecule has 66 valence electrons. The van der Waals surface area contributed by atoms with E-state index >= 15 is 0 Å². The van der Waals surface area contributed by atoms with Gasteiger partial charge >= 0.3 is 0 Å². The van der Waals surface area contributed by atoms with Gasteiger partial charge in [0.05, 0.1) is 0 Å². The Morgan fingerprint density at radius 1 is 1.33 bits per heavy atom. The largest absolute Gasteiger partial charge is 0.0636 e. The zero-order valence-electron chi connectivity index (χ0n) is 8.52. The van der Waals surface area contributed by atoms with Crippen LogP contribution in [0.2, 0.25) is 0 Å². The smallest absolute Gasteiger partial charge is 0.00155 e. The third-order valence-electron chi connectivity index (χ3n) is 2.89. The van der Waals surface area contributed by atoms with Crippen molar-refractivity contribution in [3.8, 4) is 0 Å². The third-order valence-corrected chi connectivity index (χ3v) is 2.89. The fraction of sp³-hybridized carbons (Fsp3) is 0.500. The minimum absolute atomic E-state index is 0.630. The molecule has 0 aromatic carbocycles. The van der Waals surface area contributed by atoms with Gasteiger partial charge in [-0.3, -0.25) is 0 Å². The molecule has 0 aliphatic heterocycles. The van der Waals surface area contributed by atoms with Crippen molar-refractivity contribution in [2.75, 3.05) is 0 Å². The highest BCUT2D eigenvalue weighted by Gasteiger charge is 2.11. The van der Waals surface area contributed by atoms with Crippen molar-refractivity contribution in [1.29, 1.82) is 0 Å². The van der Waals surface area contributed by atoms with Gasteiger partial charge in [0.25, 0.3) is 0 Å². The van der Waals surface area contributed by atoms with Crippen molar-refractivity contribution in [3.05, 3.63) is 34.9 Å². The van der Waals surface area contributed by atoms with Gasteiger partial charge in [-0.15, -0.1) is 0 Å². The number of hydrogen-bond donors (Lipinski definition) is 0. The molecule has 0 radical (unpaired) electrons. The predicted molar refractivity (Wildman–Crippen MR) is 55.1 cm³/mol. The average Bonchev–Trinajstić information content (AvgIpc) is 2.19. The zero-order chi connectivity index (χ0) is 9.14. The van der Waals surface area contributed by atoms with E-state index < -0.39 is 0 Å². The van der Waals surface area contributed by atoms with Gasteiger partial charge in [0.1, 0.15) is 0 Å². The van der Waals surface area contributed by atoms with E-state index in [1.165, 1.54) is 11.1 Å². The molecule has 0 aromatic heterocycles. The molecule has 1 atom stereocenters. The maximum atomic E-state index is 2.29. The van der Waals surface area contributed by atoms with Crippen molar-refractivity contribution in [1.82, 2.24) is 0 Å². The highest BCUT2D eigenvalue weighted by Crippen LogP contribution is 2.27. The molecule has 0 fully saturated rings. The summed E-state index contributed by atoms with van der Waals surface area (Å²) in [5.41, 5.74) is 4.47. The quantitative estimate of drug-likeness (QED) is 0.549. The van der Waals surface area contributed by atoms with Crippen LogP contribution in [0, 0.1) is 5.92 Å². The molecule has 0 amide bonds. The number of hydrogen-bond acceptors (Lipinski definition) is 0. The van der Waals surface area contributed by atoms with Gasteiger partial charge in [-0.25, -0.2) is 0 Å². The van der Waals surface area contributed by atoms with Gasteiger partial charge in [-0.2, -0.15) is 0 Å². The van der Waals surface area contributed by atoms with E-state index in [2.05, 4.69) is 45.9 Å². The summed E-state index contributed by atoms with van der Waals surface area (Å²) in [7, 11) is 0. The Kier molecular flexibility index (Phi) is 2.91. The van der Waals surface area contributed by atoms with E-state index in [9.17, 15) is 0 Å². The molecule has 1 rings (SSSR count). The van der Waals surface area contributed by atoms with Crippen LogP contribution in [0.25, 0.3) is 0 Å². The molecule has 0 saturated carbocycles. The Morgan fingerprint density at radius 3 is 2.58 bits per heavy atom. The van der Waals surface area contributed by atoms with E-state index in [0.29, 0.717) is 5.92 Å². The molecule has 0 bridgehead atoms. The molecule has 1 unspecified atom stereocenters. The Hall–Kier alpha value is -0.780. The summed E-state index contributed by atoms with van der Waals surface area (Å²) in [5.74, 6) is 0.630. The lowest BCUT2D eigenvalue weighted by atomic mass is 9.90. The summed E-state index contributed by atoms with van der Waals surface area (Å²) >= 11 is 0. The second-order valence-electron chi connectivity index (χ2n) is 3.54. The van der Waals surface area contributed by atoms with Crippen molar-refractivity contribution < 1.29 is 0 Å². The van der Waals surface area contributed by atoms with Crippen molar-refractivity contribution in [2.45, 2.75) is 34.1 Å². The first-order chi connectivity index (χ1) is 5.66. The van der Waals surface area contributed by atoms with E-state index in [-0.39, 0.29) is 0 Å². The molecule has 0 aromatic rings. The van der Waals surface area contributed by atoms with Gasteiger partial charge in [0, 0.05) is 0 Å². The Morgan fingerprint density at radius 2 is 2.00 bits per heavy atom. The van der Waals surface area contributed by atoms with Gasteiger partial charge in [0.15, 0.2) is 0 Å². The highest BCUT2D eigenvalue weighted by atomic mass is 14.2. The topological polar surface area (TPSA) is 0 Å². The minimum atomic E-state index is 0.630. The highest BCUT2D eigenvalue weighted by molar-refractivity contribution is 5.35. The van der Waals surface area contributed by atoms with E-state index in [4.69, 9.17) is 0 Å². The molecule has 12 heavy (non-hydrogen) atoms. The van der Waals surface area contributed by atoms with E-state index in [0.717, 1.165) is 6.42 Å². The molecule has 0 saturated heterocycles. The van der Waals surface area contributed by atoms with Crippen LogP contribution in [0.4, 0.5) is 0 Å². The summed E-state index contributed by atoms with van der Waals surface area (Å²) in [4.78, 5) is 0. The summed E-state index contributed by atoms with van der Waals surface area (Å²) < 4.78 is 0. The molecule has 0 N–H and O–H groups in total. The summed E-state index contributed by atoms with van der Waals surface area (Å²) in [5, 5.41) is 0. The Labute approximate surface area is 75.7 Å². The first-order valence-electron chi connectivity index (χ1n) is 4.71. The maximum Gasteiger partial charge on any atom is -0.00155 e. The monoisotopic (exact) mass is 162 g/mol. The molecule has 0 spiro atoms. The van der Waals surface area contributed by atoms with Crippen LogP contribution < -0.4 is 0 Å². The van der Waals surface area contributed by atoms with Crippen LogP contribution >= 0.6 is 0 Å². The van der Waals surface area contributed by atoms with Gasteiger partial charge in [-0.05, 0) is 26.2 Å². The third kappa shape index (κ3) is 1.69. The molecular weight excluding hydrogens is 144 g/mol. The van der Waals surface area contributed by atoms with Crippen molar-refractivity contribution >= 4 is 0 Å². The van der Waals surface area contributed by atoms with Crippen LogP contribution in [0.15, 0.2) is 34.9 Å². The number of allylic oxidation sites excluding steroid dienone is 6. The number of rotatable bonds is 1. The lowest BCUT2D eigenvalue weighted by Crippen LogP contribution is -2.00. The average molecular weight is 162 g/mol.